The highest BCUT2D eigenvalue weighted by Gasteiger charge is 2.32. The highest BCUT2D eigenvalue weighted by Crippen LogP contribution is 2.36. The van der Waals surface area contributed by atoms with Crippen molar-refractivity contribution >= 4 is 12.4 Å². The number of nitrogens with zero attached hydrogens (tertiary/aromatic N) is 1. The number of rotatable bonds is 5. The van der Waals surface area contributed by atoms with Gasteiger partial charge in [0.2, 0.25) is 0 Å². The van der Waals surface area contributed by atoms with Gasteiger partial charge < -0.3 is 19.5 Å². The average Bonchev–Trinajstić information content (AvgIpc) is 3.02. The second-order valence-electron chi connectivity index (χ2n) is 6.15. The van der Waals surface area contributed by atoms with Crippen molar-refractivity contribution in [2.75, 3.05) is 41.0 Å². The number of piperidine rings is 1. The monoisotopic (exact) mass is 342 g/mol. The quantitative estimate of drug-likeness (QED) is 0.889. The lowest BCUT2D eigenvalue weighted by Gasteiger charge is -2.35. The summed E-state index contributed by atoms with van der Waals surface area (Å²) in [5, 5.41) is 3.61. The Labute approximate surface area is 144 Å². The second kappa shape index (κ2) is 8.08. The summed E-state index contributed by atoms with van der Waals surface area (Å²) in [5.41, 5.74) is 1.16. The molecule has 0 spiro atoms. The molecule has 1 aromatic carbocycles. The Morgan fingerprint density at radius 2 is 1.74 bits per heavy atom. The van der Waals surface area contributed by atoms with Gasteiger partial charge in [-0.2, -0.15) is 0 Å². The molecule has 2 fully saturated rings. The van der Waals surface area contributed by atoms with E-state index in [0.717, 1.165) is 48.7 Å². The maximum atomic E-state index is 5.54. The van der Waals surface area contributed by atoms with Gasteiger partial charge in [-0.3, -0.25) is 4.90 Å². The molecule has 2 aliphatic rings. The highest BCUT2D eigenvalue weighted by atomic mass is 35.5. The van der Waals surface area contributed by atoms with E-state index in [9.17, 15) is 0 Å². The lowest BCUT2D eigenvalue weighted by Crippen LogP contribution is -2.43. The van der Waals surface area contributed by atoms with Crippen LogP contribution < -0.4 is 19.5 Å². The largest absolute Gasteiger partial charge is 0.496 e. The number of fused-ring (bicyclic) bond motifs is 1. The zero-order valence-corrected chi connectivity index (χ0v) is 14.9. The first-order chi connectivity index (χ1) is 10.7. The van der Waals surface area contributed by atoms with Gasteiger partial charge in [-0.05, 0) is 37.9 Å². The summed E-state index contributed by atoms with van der Waals surface area (Å²) in [7, 11) is 5.02. The molecule has 1 aromatic rings. The first kappa shape index (κ1) is 18.2. The van der Waals surface area contributed by atoms with Gasteiger partial charge >= 0.3 is 0 Å². The number of nitrogens with one attached hydrogen (secondary N) is 1. The number of halogens is 1. The summed E-state index contributed by atoms with van der Waals surface area (Å²) in [6.07, 6.45) is 2.53. The number of methoxy groups -OCH3 is 3. The molecule has 0 saturated carbocycles. The van der Waals surface area contributed by atoms with Crippen LogP contribution in [0.3, 0.4) is 0 Å². The van der Waals surface area contributed by atoms with E-state index in [1.165, 1.54) is 19.4 Å². The van der Waals surface area contributed by atoms with Gasteiger partial charge in [0.15, 0.2) is 11.5 Å². The lowest BCUT2D eigenvalue weighted by atomic mass is 9.93. The first-order valence-electron chi connectivity index (χ1n) is 7.99. The summed E-state index contributed by atoms with van der Waals surface area (Å²) in [6.45, 7) is 4.36. The van der Waals surface area contributed by atoms with Crippen LogP contribution in [0, 0.1) is 5.92 Å². The highest BCUT2D eigenvalue weighted by molar-refractivity contribution is 5.85. The van der Waals surface area contributed by atoms with Crippen molar-refractivity contribution in [1.29, 1.82) is 0 Å². The van der Waals surface area contributed by atoms with E-state index in [0.29, 0.717) is 5.75 Å². The molecule has 1 N–H and O–H groups in total. The number of hydrogen-bond acceptors (Lipinski definition) is 5. The molecule has 6 heteroatoms. The van der Waals surface area contributed by atoms with Crippen LogP contribution in [-0.2, 0) is 6.54 Å². The van der Waals surface area contributed by atoms with Crippen LogP contribution in [0.25, 0.3) is 0 Å². The number of hydrogen-bond donors (Lipinski definition) is 1. The Morgan fingerprint density at radius 1 is 1.04 bits per heavy atom. The van der Waals surface area contributed by atoms with Crippen LogP contribution in [0.1, 0.15) is 18.4 Å². The third-order valence-electron chi connectivity index (χ3n) is 4.92. The van der Waals surface area contributed by atoms with E-state index in [2.05, 4.69) is 10.2 Å². The molecule has 3 rings (SSSR count). The molecular weight excluding hydrogens is 316 g/mol. The van der Waals surface area contributed by atoms with E-state index in [4.69, 9.17) is 14.2 Å². The van der Waals surface area contributed by atoms with E-state index in [-0.39, 0.29) is 12.4 Å². The fourth-order valence-corrected chi connectivity index (χ4v) is 3.72. The van der Waals surface area contributed by atoms with E-state index >= 15 is 0 Å². The fourth-order valence-electron chi connectivity index (χ4n) is 3.72. The van der Waals surface area contributed by atoms with Crippen LogP contribution in [-0.4, -0.2) is 51.9 Å². The predicted octanol–water partition coefficient (Wildman–Crippen LogP) is 2.32. The van der Waals surface area contributed by atoms with Gasteiger partial charge in [-0.15, -0.1) is 12.4 Å². The van der Waals surface area contributed by atoms with Gasteiger partial charge in [-0.1, -0.05) is 0 Å². The number of ether oxygens (including phenoxy) is 3. The van der Waals surface area contributed by atoms with Gasteiger partial charge in [0.05, 0.1) is 21.3 Å². The summed E-state index contributed by atoms with van der Waals surface area (Å²) in [5.74, 6) is 3.13. The molecule has 130 valence electrons. The first-order valence-corrected chi connectivity index (χ1v) is 7.99. The van der Waals surface area contributed by atoms with E-state index in [1.807, 2.05) is 12.1 Å². The zero-order chi connectivity index (χ0) is 15.5. The van der Waals surface area contributed by atoms with Crippen molar-refractivity contribution in [3.63, 3.8) is 0 Å². The lowest BCUT2D eigenvalue weighted by molar-refractivity contribution is 0.154. The van der Waals surface area contributed by atoms with Gasteiger partial charge in [0.1, 0.15) is 5.75 Å². The summed E-state index contributed by atoms with van der Waals surface area (Å²) in [4.78, 5) is 2.53. The van der Waals surface area contributed by atoms with Crippen molar-refractivity contribution in [2.45, 2.75) is 25.4 Å². The predicted molar refractivity (Wildman–Crippen MR) is 93.1 cm³/mol. The molecule has 2 aliphatic heterocycles. The van der Waals surface area contributed by atoms with Crippen molar-refractivity contribution in [3.8, 4) is 17.2 Å². The van der Waals surface area contributed by atoms with Gasteiger partial charge in [-0.25, -0.2) is 0 Å². The summed E-state index contributed by atoms with van der Waals surface area (Å²) < 4.78 is 16.3. The molecule has 2 saturated heterocycles. The molecule has 2 heterocycles. The Bertz CT molecular complexity index is 527. The molecule has 23 heavy (non-hydrogen) atoms. The molecule has 0 amide bonds. The van der Waals surface area contributed by atoms with Crippen LogP contribution in [0.5, 0.6) is 17.2 Å². The Morgan fingerprint density at radius 3 is 2.43 bits per heavy atom. The normalized spacial score (nSPS) is 23.8. The molecule has 0 aliphatic carbocycles. The van der Waals surface area contributed by atoms with Gasteiger partial charge in [0.25, 0.3) is 0 Å². The topological polar surface area (TPSA) is 43.0 Å². The Balaban J connectivity index is 0.00000192. The molecule has 2 atom stereocenters. The minimum absolute atomic E-state index is 0. The van der Waals surface area contributed by atoms with E-state index < -0.39 is 0 Å². The summed E-state index contributed by atoms with van der Waals surface area (Å²) >= 11 is 0. The fraction of sp³-hybridized carbons (Fsp3) is 0.647. The molecular formula is C17H27ClN2O3. The van der Waals surface area contributed by atoms with Crippen LogP contribution >= 0.6 is 12.4 Å². The van der Waals surface area contributed by atoms with E-state index in [1.54, 1.807) is 21.3 Å². The SMILES string of the molecule is COc1cc(OC)c(OC)cc1CN1CCC2NCCC2C1.Cl. The molecule has 2 unspecified atom stereocenters. The Hall–Kier alpha value is -1.17. The minimum atomic E-state index is 0. The Kier molecular flexibility index (Phi) is 6.39. The molecule has 0 aromatic heterocycles. The minimum Gasteiger partial charge on any atom is -0.496 e. The second-order valence-corrected chi connectivity index (χ2v) is 6.15. The smallest absolute Gasteiger partial charge is 0.164 e. The molecule has 5 nitrogen and oxygen atoms in total. The van der Waals surface area contributed by atoms with Crippen molar-refractivity contribution in [1.82, 2.24) is 10.2 Å². The summed E-state index contributed by atoms with van der Waals surface area (Å²) in [6, 6.07) is 4.68. The molecule has 0 bridgehead atoms. The zero-order valence-electron chi connectivity index (χ0n) is 14.1. The standard InChI is InChI=1S/C17H26N2O3.ClH/c1-20-15-9-17(22-3)16(21-2)8-13(15)11-19-7-5-14-12(10-19)4-6-18-14;/h8-9,12,14,18H,4-7,10-11H2,1-3H3;1H. The number of likely N-dealkylation sites (tertiary alicyclic amines) is 1. The maximum Gasteiger partial charge on any atom is 0.164 e. The van der Waals surface area contributed by atoms with Crippen LogP contribution in [0.2, 0.25) is 0 Å². The van der Waals surface area contributed by atoms with Crippen molar-refractivity contribution < 1.29 is 14.2 Å². The third kappa shape index (κ3) is 3.84. The average molecular weight is 343 g/mol. The van der Waals surface area contributed by atoms with Crippen LogP contribution in [0.4, 0.5) is 0 Å². The van der Waals surface area contributed by atoms with Crippen molar-refractivity contribution in [3.05, 3.63) is 17.7 Å². The third-order valence-corrected chi connectivity index (χ3v) is 4.92. The van der Waals surface area contributed by atoms with Gasteiger partial charge in [0, 0.05) is 30.8 Å². The molecule has 0 radical (unpaired) electrons. The van der Waals surface area contributed by atoms with Crippen LogP contribution in [0.15, 0.2) is 12.1 Å². The van der Waals surface area contributed by atoms with Crippen molar-refractivity contribution in [2.24, 2.45) is 5.92 Å². The maximum absolute atomic E-state index is 5.54. The number of benzene rings is 1.